The Morgan fingerprint density at radius 2 is 2.00 bits per heavy atom. The summed E-state index contributed by atoms with van der Waals surface area (Å²) in [7, 11) is 1.37. The zero-order valence-electron chi connectivity index (χ0n) is 9.40. The first-order chi connectivity index (χ1) is 7.77. The number of aryl methyl sites for hydroxylation is 1. The van der Waals surface area contributed by atoms with E-state index in [1.807, 2.05) is 12.1 Å². The predicted molar refractivity (Wildman–Crippen MR) is 60.9 cm³/mol. The molecular weight excluding hydrogens is 202 g/mol. The van der Waals surface area contributed by atoms with Gasteiger partial charge in [0.05, 0.1) is 18.7 Å². The van der Waals surface area contributed by atoms with Crippen LogP contribution in [0.25, 0.3) is 0 Å². The minimum absolute atomic E-state index is 0.309. The van der Waals surface area contributed by atoms with Gasteiger partial charge in [-0.1, -0.05) is 12.1 Å². The number of benzene rings is 1. The number of methoxy groups -OCH3 is 1. The van der Waals surface area contributed by atoms with E-state index in [0.717, 1.165) is 19.3 Å². The molecule has 0 N–H and O–H groups in total. The van der Waals surface area contributed by atoms with Crippen molar-refractivity contribution < 1.29 is 9.53 Å². The molecule has 3 heteroatoms. The predicted octanol–water partition coefficient (Wildman–Crippen LogP) is 2.71. The van der Waals surface area contributed by atoms with Crippen LogP contribution < -0.4 is 0 Å². The normalized spacial score (nSPS) is 9.50. The van der Waals surface area contributed by atoms with Gasteiger partial charge in [-0.05, 0) is 37.0 Å². The number of rotatable bonds is 5. The number of nitriles is 1. The Hall–Kier alpha value is -1.82. The van der Waals surface area contributed by atoms with Crippen molar-refractivity contribution in [3.8, 4) is 6.07 Å². The Bertz CT molecular complexity index is 376. The summed E-state index contributed by atoms with van der Waals surface area (Å²) in [5.74, 6) is -0.309. The van der Waals surface area contributed by atoms with Gasteiger partial charge in [0.1, 0.15) is 0 Å². The van der Waals surface area contributed by atoms with Crippen LogP contribution in [0.4, 0.5) is 0 Å². The molecule has 0 aliphatic carbocycles. The maximum absolute atomic E-state index is 11.2. The van der Waals surface area contributed by atoms with E-state index in [-0.39, 0.29) is 5.97 Å². The first-order valence-electron chi connectivity index (χ1n) is 5.32. The molecule has 16 heavy (non-hydrogen) atoms. The summed E-state index contributed by atoms with van der Waals surface area (Å²) in [5, 5.41) is 8.39. The van der Waals surface area contributed by atoms with Crippen molar-refractivity contribution in [3.05, 3.63) is 35.4 Å². The van der Waals surface area contributed by atoms with Crippen LogP contribution >= 0.6 is 0 Å². The van der Waals surface area contributed by atoms with E-state index < -0.39 is 0 Å². The van der Waals surface area contributed by atoms with E-state index in [0.29, 0.717) is 12.0 Å². The van der Waals surface area contributed by atoms with Crippen molar-refractivity contribution in [2.24, 2.45) is 0 Å². The van der Waals surface area contributed by atoms with Gasteiger partial charge in [0.25, 0.3) is 0 Å². The highest BCUT2D eigenvalue weighted by molar-refractivity contribution is 5.89. The van der Waals surface area contributed by atoms with Crippen molar-refractivity contribution in [1.29, 1.82) is 5.26 Å². The smallest absolute Gasteiger partial charge is 0.337 e. The summed E-state index contributed by atoms with van der Waals surface area (Å²) >= 11 is 0. The van der Waals surface area contributed by atoms with Gasteiger partial charge in [-0.2, -0.15) is 5.26 Å². The molecule has 0 atom stereocenters. The summed E-state index contributed by atoms with van der Waals surface area (Å²) in [6.45, 7) is 0. The van der Waals surface area contributed by atoms with Crippen molar-refractivity contribution in [3.63, 3.8) is 0 Å². The summed E-state index contributed by atoms with van der Waals surface area (Å²) < 4.78 is 4.61. The Labute approximate surface area is 95.7 Å². The van der Waals surface area contributed by atoms with Crippen LogP contribution in [-0.2, 0) is 11.2 Å². The lowest BCUT2D eigenvalue weighted by molar-refractivity contribution is 0.0600. The minimum atomic E-state index is -0.309. The number of carbonyl (C=O) groups excluding carboxylic acids is 1. The van der Waals surface area contributed by atoms with Crippen LogP contribution in [0.5, 0.6) is 0 Å². The topological polar surface area (TPSA) is 50.1 Å². The molecule has 1 aromatic carbocycles. The van der Waals surface area contributed by atoms with Crippen LogP contribution in [0.2, 0.25) is 0 Å². The monoisotopic (exact) mass is 217 g/mol. The van der Waals surface area contributed by atoms with Crippen molar-refractivity contribution in [1.82, 2.24) is 0 Å². The molecule has 1 rings (SSSR count). The van der Waals surface area contributed by atoms with Crippen LogP contribution in [-0.4, -0.2) is 13.1 Å². The van der Waals surface area contributed by atoms with E-state index in [2.05, 4.69) is 10.8 Å². The fourth-order valence-electron chi connectivity index (χ4n) is 1.46. The van der Waals surface area contributed by atoms with Gasteiger partial charge < -0.3 is 4.74 Å². The fourth-order valence-corrected chi connectivity index (χ4v) is 1.46. The maximum atomic E-state index is 11.2. The molecule has 84 valence electrons. The van der Waals surface area contributed by atoms with E-state index in [1.165, 1.54) is 12.7 Å². The summed E-state index contributed by atoms with van der Waals surface area (Å²) in [5.41, 5.74) is 1.76. The Morgan fingerprint density at radius 3 is 2.56 bits per heavy atom. The summed E-state index contributed by atoms with van der Waals surface area (Å²) in [6.07, 6.45) is 3.49. The summed E-state index contributed by atoms with van der Waals surface area (Å²) in [4.78, 5) is 11.2. The number of ether oxygens (including phenoxy) is 1. The number of nitrogens with zero attached hydrogens (tertiary/aromatic N) is 1. The number of hydrogen-bond acceptors (Lipinski definition) is 3. The molecule has 0 aromatic heterocycles. The quantitative estimate of drug-likeness (QED) is 0.562. The fraction of sp³-hybridized carbons (Fsp3) is 0.385. The average Bonchev–Trinajstić information content (AvgIpc) is 2.34. The standard InChI is InChI=1S/C13H15NO2/c1-16-13(15)12-8-6-11(7-9-12)5-3-2-4-10-14/h6-9H,2-5H2,1H3. The van der Waals surface area contributed by atoms with Gasteiger partial charge >= 0.3 is 5.97 Å². The third-order valence-electron chi connectivity index (χ3n) is 2.38. The maximum Gasteiger partial charge on any atom is 0.337 e. The lowest BCUT2D eigenvalue weighted by Crippen LogP contribution is -2.00. The molecule has 0 heterocycles. The van der Waals surface area contributed by atoms with Gasteiger partial charge in [0.2, 0.25) is 0 Å². The van der Waals surface area contributed by atoms with Crippen LogP contribution in [0.15, 0.2) is 24.3 Å². The number of hydrogen-bond donors (Lipinski definition) is 0. The van der Waals surface area contributed by atoms with Gasteiger partial charge in [-0.15, -0.1) is 0 Å². The van der Waals surface area contributed by atoms with Crippen molar-refractivity contribution in [2.45, 2.75) is 25.7 Å². The molecule has 0 amide bonds. The molecule has 3 nitrogen and oxygen atoms in total. The second-order valence-electron chi connectivity index (χ2n) is 3.55. The Kier molecular flexibility index (Phi) is 5.07. The molecular formula is C13H15NO2. The van der Waals surface area contributed by atoms with Gasteiger partial charge in [0, 0.05) is 6.42 Å². The van der Waals surface area contributed by atoms with E-state index >= 15 is 0 Å². The highest BCUT2D eigenvalue weighted by Gasteiger charge is 2.03. The number of carbonyl (C=O) groups is 1. The van der Waals surface area contributed by atoms with Crippen LogP contribution in [0.3, 0.4) is 0 Å². The zero-order chi connectivity index (χ0) is 11.8. The SMILES string of the molecule is COC(=O)c1ccc(CCCCC#N)cc1. The number of esters is 1. The second-order valence-corrected chi connectivity index (χ2v) is 3.55. The molecule has 1 aromatic rings. The molecule has 0 fully saturated rings. The first kappa shape index (κ1) is 12.3. The van der Waals surface area contributed by atoms with E-state index in [1.54, 1.807) is 12.1 Å². The summed E-state index contributed by atoms with van der Waals surface area (Å²) in [6, 6.07) is 9.52. The molecule has 0 saturated carbocycles. The second kappa shape index (κ2) is 6.62. The largest absolute Gasteiger partial charge is 0.465 e. The molecule has 0 bridgehead atoms. The first-order valence-corrected chi connectivity index (χ1v) is 5.32. The zero-order valence-corrected chi connectivity index (χ0v) is 9.40. The number of unbranched alkanes of at least 4 members (excludes halogenated alkanes) is 2. The van der Waals surface area contributed by atoms with E-state index in [4.69, 9.17) is 5.26 Å². The third kappa shape index (κ3) is 3.74. The third-order valence-corrected chi connectivity index (χ3v) is 2.38. The van der Waals surface area contributed by atoms with Crippen molar-refractivity contribution in [2.75, 3.05) is 7.11 Å². The Balaban J connectivity index is 2.46. The van der Waals surface area contributed by atoms with Crippen molar-refractivity contribution >= 4 is 5.97 Å². The minimum Gasteiger partial charge on any atom is -0.465 e. The van der Waals surface area contributed by atoms with Gasteiger partial charge in [0.15, 0.2) is 0 Å². The van der Waals surface area contributed by atoms with E-state index in [9.17, 15) is 4.79 Å². The molecule has 0 aliphatic heterocycles. The molecule has 0 spiro atoms. The van der Waals surface area contributed by atoms with Gasteiger partial charge in [-0.25, -0.2) is 4.79 Å². The molecule has 0 radical (unpaired) electrons. The molecule has 0 aliphatic rings. The van der Waals surface area contributed by atoms with Crippen LogP contribution in [0, 0.1) is 11.3 Å². The molecule has 0 unspecified atom stereocenters. The highest BCUT2D eigenvalue weighted by Crippen LogP contribution is 2.09. The van der Waals surface area contributed by atoms with Gasteiger partial charge in [-0.3, -0.25) is 0 Å². The molecule has 0 saturated heterocycles. The lowest BCUT2D eigenvalue weighted by Gasteiger charge is -2.02. The average molecular weight is 217 g/mol. The highest BCUT2D eigenvalue weighted by atomic mass is 16.5. The lowest BCUT2D eigenvalue weighted by atomic mass is 10.1. The Morgan fingerprint density at radius 1 is 1.31 bits per heavy atom. The van der Waals surface area contributed by atoms with Crippen LogP contribution in [0.1, 0.15) is 35.2 Å².